The molecule has 3 rings (SSSR count). The molecule has 2 aromatic carbocycles. The SMILES string of the molecule is CO[Si](CCCCC(=O)OCCOC1CCC(C(C)(C)CCC(C)(C)C)CC1)(OC)OC.CO[Si](CCCCC(=O)OCCOc1ccc(C(C)(C)CC(C)(C)C)cc1)(OC)OC.CO[Si](CCCNC(=O)OCCOc1ccc(C(C)(C)CC(C)(C)C)cc1)(OC)OC. The highest BCUT2D eigenvalue weighted by Gasteiger charge is 2.40. The van der Waals surface area contributed by atoms with Crippen molar-refractivity contribution in [3.8, 4) is 11.5 Å². The maximum Gasteiger partial charge on any atom is 0.500 e. The smallest absolute Gasteiger partial charge is 0.490 e. The Morgan fingerprint density at radius 3 is 1.12 bits per heavy atom. The van der Waals surface area contributed by atoms with Crippen LogP contribution < -0.4 is 14.8 Å². The van der Waals surface area contributed by atoms with Gasteiger partial charge in [0.05, 0.1) is 12.7 Å². The average Bonchev–Trinajstić information content (AvgIpc) is 0.877. The number of esters is 2. The van der Waals surface area contributed by atoms with E-state index in [1.165, 1.54) is 36.8 Å². The van der Waals surface area contributed by atoms with Gasteiger partial charge in [-0.25, -0.2) is 4.79 Å². The van der Waals surface area contributed by atoms with E-state index in [4.69, 9.17) is 68.3 Å². The number of carbonyl (C=O) groups excluding carboxylic acids is 3. The summed E-state index contributed by atoms with van der Waals surface area (Å²) >= 11 is 0. The molecule has 0 aliphatic heterocycles. The summed E-state index contributed by atoms with van der Waals surface area (Å²) in [6, 6.07) is 18.4. The monoisotopic (exact) mass is 1380 g/mol. The van der Waals surface area contributed by atoms with E-state index < -0.39 is 32.5 Å². The molecule has 0 unspecified atom stereocenters. The summed E-state index contributed by atoms with van der Waals surface area (Å²) < 4.78 is 81.5. The van der Waals surface area contributed by atoms with E-state index in [1.807, 2.05) is 24.3 Å². The van der Waals surface area contributed by atoms with Crippen molar-refractivity contribution in [3.05, 3.63) is 59.7 Å². The molecule has 1 aliphatic carbocycles. The van der Waals surface area contributed by atoms with Gasteiger partial charge in [0, 0.05) is 102 Å². The maximum absolute atomic E-state index is 12.0. The summed E-state index contributed by atoms with van der Waals surface area (Å²) in [5, 5.41) is 2.71. The summed E-state index contributed by atoms with van der Waals surface area (Å²) in [7, 11) is 6.60. The third kappa shape index (κ3) is 36.9. The number of hydrogen-bond acceptors (Lipinski definition) is 18. The van der Waals surface area contributed by atoms with Crippen molar-refractivity contribution in [2.75, 3.05) is 110 Å². The van der Waals surface area contributed by atoms with Crippen molar-refractivity contribution >= 4 is 44.4 Å². The highest BCUT2D eigenvalue weighted by molar-refractivity contribution is 6.61. The van der Waals surface area contributed by atoms with Gasteiger partial charge < -0.3 is 73.6 Å². The highest BCUT2D eigenvalue weighted by atomic mass is 28.4. The molecule has 546 valence electrons. The first-order chi connectivity index (χ1) is 43.9. The van der Waals surface area contributed by atoms with Gasteiger partial charge in [0.15, 0.2) is 0 Å². The van der Waals surface area contributed by atoms with Gasteiger partial charge in [0.1, 0.15) is 44.5 Å². The third-order valence-corrected chi connectivity index (χ3v) is 25.9. The van der Waals surface area contributed by atoms with E-state index in [9.17, 15) is 14.4 Å². The number of rotatable bonds is 42. The minimum absolute atomic E-state index is 0.0931. The Bertz CT molecular complexity index is 2190. The lowest BCUT2D eigenvalue weighted by Gasteiger charge is -2.40. The van der Waals surface area contributed by atoms with E-state index in [0.29, 0.717) is 93.7 Å². The van der Waals surface area contributed by atoms with Gasteiger partial charge in [-0.05, 0) is 157 Å². The molecule has 1 N–H and O–H groups in total. The number of carbonyl (C=O) groups is 3. The highest BCUT2D eigenvalue weighted by Crippen LogP contribution is 2.44. The van der Waals surface area contributed by atoms with Crippen molar-refractivity contribution in [1.29, 1.82) is 0 Å². The fraction of sp³-hybridized carbons (Fsp3) is 0.792. The van der Waals surface area contributed by atoms with Crippen LogP contribution in [0.15, 0.2) is 48.5 Å². The second-order valence-corrected chi connectivity index (χ2v) is 39.6. The number of unbranched alkanes of at least 4 members (excludes halogenated alkanes) is 2. The van der Waals surface area contributed by atoms with Crippen LogP contribution in [0.3, 0.4) is 0 Å². The molecule has 19 nitrogen and oxygen atoms in total. The largest absolute Gasteiger partial charge is 0.500 e. The molecular weight excluding hydrogens is 1250 g/mol. The Hall–Kier alpha value is -3.50. The molecule has 0 atom stereocenters. The van der Waals surface area contributed by atoms with Crippen LogP contribution in [0.4, 0.5) is 4.79 Å². The fourth-order valence-corrected chi connectivity index (χ4v) is 17.6. The lowest BCUT2D eigenvalue weighted by atomic mass is 9.67. The molecule has 0 spiro atoms. The zero-order valence-electron chi connectivity index (χ0n) is 63.3. The summed E-state index contributed by atoms with van der Waals surface area (Å²) in [6.45, 7) is 36.8. The first kappa shape index (κ1) is 88.5. The van der Waals surface area contributed by atoms with Crippen LogP contribution in [-0.4, -0.2) is 161 Å². The molecule has 22 heteroatoms. The maximum atomic E-state index is 12.0. The van der Waals surface area contributed by atoms with E-state index in [-0.39, 0.29) is 46.8 Å². The van der Waals surface area contributed by atoms with Crippen LogP contribution in [0.2, 0.25) is 18.1 Å². The van der Waals surface area contributed by atoms with Crippen LogP contribution >= 0.6 is 0 Å². The molecular formula is C72H133NO18Si3. The third-order valence-electron chi connectivity index (χ3n) is 17.4. The molecule has 0 radical (unpaired) electrons. The van der Waals surface area contributed by atoms with Gasteiger partial charge in [-0.3, -0.25) is 9.59 Å². The summed E-state index contributed by atoms with van der Waals surface area (Å²) in [6.07, 6.45) is 13.7. The minimum atomic E-state index is -2.60. The Kier molecular flexibility index (Phi) is 41.2. The van der Waals surface area contributed by atoms with Gasteiger partial charge in [0.25, 0.3) is 0 Å². The van der Waals surface area contributed by atoms with Crippen LogP contribution in [0, 0.1) is 27.6 Å². The zero-order valence-corrected chi connectivity index (χ0v) is 66.3. The molecule has 1 fully saturated rings. The summed E-state index contributed by atoms with van der Waals surface area (Å²) in [5.74, 6) is 1.93. The number of benzene rings is 2. The Morgan fingerprint density at radius 1 is 0.415 bits per heavy atom. The molecule has 0 heterocycles. The van der Waals surface area contributed by atoms with Gasteiger partial charge in [0.2, 0.25) is 0 Å². The Labute approximate surface area is 573 Å². The topological polar surface area (TPSA) is 202 Å². The first-order valence-corrected chi connectivity index (χ1v) is 40.0. The molecule has 2 aromatic rings. The van der Waals surface area contributed by atoms with Crippen LogP contribution in [0.5, 0.6) is 11.5 Å². The van der Waals surface area contributed by atoms with Crippen LogP contribution in [-0.2, 0) is 79.2 Å². The quantitative estimate of drug-likeness (QED) is 0.0284. The lowest BCUT2D eigenvalue weighted by Crippen LogP contribution is -2.43. The molecule has 1 saturated carbocycles. The van der Waals surface area contributed by atoms with Gasteiger partial charge in [-0.1, -0.05) is 128 Å². The van der Waals surface area contributed by atoms with Gasteiger partial charge >= 0.3 is 44.4 Å². The number of ether oxygens (including phenoxy) is 6. The average molecular weight is 1390 g/mol. The molecule has 0 aromatic heterocycles. The van der Waals surface area contributed by atoms with E-state index in [0.717, 1.165) is 62.4 Å². The standard InChI is InChI=1S/C25H50O6Si.C24H42O6Si.C23H41NO6Si/c1-24(2,3)16-17-25(4,5)21-12-14-22(15-13-21)30-18-19-31-23(26)11-9-10-20-32(27-6,28-7)29-8;1-23(2,3)19-24(4,5)20-12-14-21(15-13-20)29-16-17-30-22(25)11-9-10-18-31(26-6,27-7)28-8;1-22(2,3)18-23(4,5)19-10-12-20(13-11-19)29-15-16-30-21(25)24-14-9-17-31(26-6,27-7)28-8/h21-22H,9-20H2,1-8H3;12-15H,9-11,16-19H2,1-8H3;10-13H,9,14-18H2,1-8H3,(H,24,25). The second-order valence-electron chi connectivity index (χ2n) is 30.3. The second kappa shape index (κ2) is 43.8. The number of hydrogen-bond donors (Lipinski definition) is 1. The minimum Gasteiger partial charge on any atom is -0.490 e. The number of nitrogens with one attached hydrogen (secondary N) is 1. The van der Waals surface area contributed by atoms with Crippen molar-refractivity contribution in [2.45, 2.75) is 235 Å². The van der Waals surface area contributed by atoms with E-state index in [2.05, 4.69) is 133 Å². The van der Waals surface area contributed by atoms with Crippen molar-refractivity contribution in [1.82, 2.24) is 5.32 Å². The van der Waals surface area contributed by atoms with Crippen LogP contribution in [0.1, 0.15) is 211 Å². The molecule has 1 amide bonds. The summed E-state index contributed by atoms with van der Waals surface area (Å²) in [4.78, 5) is 35.6. The summed E-state index contributed by atoms with van der Waals surface area (Å²) in [5.41, 5.74) is 4.10. The number of amides is 1. The molecule has 0 bridgehead atoms. The van der Waals surface area contributed by atoms with Crippen molar-refractivity contribution in [2.24, 2.45) is 27.6 Å². The zero-order chi connectivity index (χ0) is 71.3. The molecule has 1 aliphatic rings. The molecule has 94 heavy (non-hydrogen) atoms. The van der Waals surface area contributed by atoms with E-state index >= 15 is 0 Å². The predicted octanol–water partition coefficient (Wildman–Crippen LogP) is 16.2. The first-order valence-electron chi connectivity index (χ1n) is 34.2. The van der Waals surface area contributed by atoms with Crippen molar-refractivity contribution in [3.63, 3.8) is 0 Å². The predicted molar refractivity (Wildman–Crippen MR) is 381 cm³/mol. The normalized spacial score (nSPS) is 15.2. The Balaban J connectivity index is 0.000000705. The fourth-order valence-electron chi connectivity index (χ4n) is 12.3. The Morgan fingerprint density at radius 2 is 0.766 bits per heavy atom. The van der Waals surface area contributed by atoms with E-state index in [1.54, 1.807) is 64.0 Å². The van der Waals surface area contributed by atoms with Gasteiger partial charge in [-0.15, -0.1) is 0 Å². The van der Waals surface area contributed by atoms with Crippen molar-refractivity contribution < 1.29 is 82.6 Å². The van der Waals surface area contributed by atoms with Crippen LogP contribution in [0.25, 0.3) is 0 Å². The van der Waals surface area contributed by atoms with Gasteiger partial charge in [-0.2, -0.15) is 0 Å². The lowest BCUT2D eigenvalue weighted by molar-refractivity contribution is -0.146. The number of alkyl carbamates (subject to hydrolysis) is 1. The molecule has 0 saturated heterocycles.